The molecule has 1 aromatic heterocycles. The Kier molecular flexibility index (Phi) is 5.47. The lowest BCUT2D eigenvalue weighted by atomic mass is 9.77. The van der Waals surface area contributed by atoms with Crippen LogP contribution in [-0.2, 0) is 11.2 Å². The van der Waals surface area contributed by atoms with Gasteiger partial charge < -0.3 is 10.5 Å². The number of hydrogen-bond acceptors (Lipinski definition) is 4. The summed E-state index contributed by atoms with van der Waals surface area (Å²) in [6, 6.07) is 4.85. The largest absolute Gasteiger partial charge is 0.375 e. The van der Waals surface area contributed by atoms with Gasteiger partial charge in [0.2, 0.25) is 0 Å². The third kappa shape index (κ3) is 3.67. The maximum absolute atomic E-state index is 6.23. The van der Waals surface area contributed by atoms with E-state index in [4.69, 9.17) is 10.5 Å². The molecule has 1 fully saturated rings. The van der Waals surface area contributed by atoms with Gasteiger partial charge in [0.25, 0.3) is 0 Å². The zero-order valence-electron chi connectivity index (χ0n) is 13.9. The predicted octanol–water partition coefficient (Wildman–Crippen LogP) is 3.29. The predicted molar refractivity (Wildman–Crippen MR) is 90.9 cm³/mol. The van der Waals surface area contributed by atoms with Crippen LogP contribution in [0.5, 0.6) is 0 Å². The Morgan fingerprint density at radius 3 is 2.86 bits per heavy atom. The molecule has 0 bridgehead atoms. The fourth-order valence-corrected chi connectivity index (χ4v) is 4.32. The normalized spacial score (nSPS) is 31.5. The molecule has 0 spiro atoms. The molecule has 3 atom stereocenters. The summed E-state index contributed by atoms with van der Waals surface area (Å²) in [5, 5.41) is 2.16. The van der Waals surface area contributed by atoms with E-state index in [0.717, 1.165) is 32.3 Å². The monoisotopic (exact) mass is 310 g/mol. The first-order chi connectivity index (χ1) is 9.95. The van der Waals surface area contributed by atoms with Crippen molar-refractivity contribution in [2.45, 2.75) is 63.6 Å². The van der Waals surface area contributed by atoms with Gasteiger partial charge in [0.05, 0.1) is 5.60 Å². The lowest BCUT2D eigenvalue weighted by Crippen LogP contribution is -2.62. The third-order valence-corrected chi connectivity index (χ3v) is 6.23. The zero-order chi connectivity index (χ0) is 15.5. The summed E-state index contributed by atoms with van der Waals surface area (Å²) in [5.74, 6) is 0. The van der Waals surface area contributed by atoms with Gasteiger partial charge in [-0.1, -0.05) is 13.0 Å². The van der Waals surface area contributed by atoms with Crippen molar-refractivity contribution >= 4 is 11.3 Å². The van der Waals surface area contributed by atoms with Gasteiger partial charge in [0, 0.05) is 29.6 Å². The molecule has 3 unspecified atom stereocenters. The molecule has 3 nitrogen and oxygen atoms in total. The van der Waals surface area contributed by atoms with Crippen LogP contribution in [0.4, 0.5) is 0 Å². The van der Waals surface area contributed by atoms with E-state index in [2.05, 4.69) is 50.2 Å². The van der Waals surface area contributed by atoms with Crippen molar-refractivity contribution in [2.24, 2.45) is 5.73 Å². The molecule has 120 valence electrons. The van der Waals surface area contributed by atoms with Gasteiger partial charge in [-0.15, -0.1) is 11.3 Å². The lowest BCUT2D eigenvalue weighted by Gasteiger charge is -2.52. The second-order valence-electron chi connectivity index (χ2n) is 6.75. The van der Waals surface area contributed by atoms with Crippen LogP contribution >= 0.6 is 11.3 Å². The van der Waals surface area contributed by atoms with E-state index < -0.39 is 0 Å². The standard InChI is InChI=1S/C17H30N2OS/c1-5-16(3)12-17(13-18,8-9-20-16)19(4)14(2)11-15-7-6-10-21-15/h6-7,10,14H,5,8-9,11-13,18H2,1-4H3. The van der Waals surface area contributed by atoms with Crippen LogP contribution < -0.4 is 5.73 Å². The minimum absolute atomic E-state index is 0.0332. The van der Waals surface area contributed by atoms with Crippen LogP contribution in [0.1, 0.15) is 44.9 Å². The lowest BCUT2D eigenvalue weighted by molar-refractivity contribution is -0.130. The van der Waals surface area contributed by atoms with Crippen LogP contribution in [0.15, 0.2) is 17.5 Å². The van der Waals surface area contributed by atoms with Gasteiger partial charge >= 0.3 is 0 Å². The fraction of sp³-hybridized carbons (Fsp3) is 0.765. The van der Waals surface area contributed by atoms with Gasteiger partial charge in [-0.3, -0.25) is 4.90 Å². The molecule has 1 aromatic rings. The Morgan fingerprint density at radius 1 is 1.52 bits per heavy atom. The first kappa shape index (κ1) is 16.9. The number of nitrogens with two attached hydrogens (primary N) is 1. The molecule has 0 amide bonds. The van der Waals surface area contributed by atoms with Crippen molar-refractivity contribution in [3.63, 3.8) is 0 Å². The average Bonchev–Trinajstić information content (AvgIpc) is 2.99. The quantitative estimate of drug-likeness (QED) is 0.876. The van der Waals surface area contributed by atoms with Gasteiger partial charge in [0.1, 0.15) is 0 Å². The van der Waals surface area contributed by atoms with Crippen LogP contribution in [0.25, 0.3) is 0 Å². The number of ether oxygens (including phenoxy) is 1. The van der Waals surface area contributed by atoms with Crippen LogP contribution in [-0.4, -0.2) is 42.3 Å². The number of likely N-dealkylation sites (N-methyl/N-ethyl adjacent to an activating group) is 1. The summed E-state index contributed by atoms with van der Waals surface area (Å²) in [6.07, 6.45) is 4.20. The van der Waals surface area contributed by atoms with Crippen LogP contribution in [0, 0.1) is 0 Å². The second kappa shape index (κ2) is 6.78. The van der Waals surface area contributed by atoms with Crippen molar-refractivity contribution in [3.05, 3.63) is 22.4 Å². The fourth-order valence-electron chi connectivity index (χ4n) is 3.49. The highest BCUT2D eigenvalue weighted by Crippen LogP contribution is 2.38. The summed E-state index contributed by atoms with van der Waals surface area (Å²) >= 11 is 1.84. The Morgan fingerprint density at radius 2 is 2.29 bits per heavy atom. The highest BCUT2D eigenvalue weighted by atomic mass is 32.1. The minimum atomic E-state index is -0.0332. The zero-order valence-corrected chi connectivity index (χ0v) is 14.7. The summed E-state index contributed by atoms with van der Waals surface area (Å²) in [6.45, 7) is 8.28. The molecule has 21 heavy (non-hydrogen) atoms. The number of hydrogen-bond donors (Lipinski definition) is 1. The van der Waals surface area contributed by atoms with Crippen molar-refractivity contribution in [2.75, 3.05) is 20.2 Å². The topological polar surface area (TPSA) is 38.5 Å². The van der Waals surface area contributed by atoms with Gasteiger partial charge in [-0.25, -0.2) is 0 Å². The van der Waals surface area contributed by atoms with E-state index in [1.807, 2.05) is 11.3 Å². The Hall–Kier alpha value is -0.420. The van der Waals surface area contributed by atoms with Gasteiger partial charge in [0.15, 0.2) is 0 Å². The summed E-state index contributed by atoms with van der Waals surface area (Å²) in [4.78, 5) is 3.97. The van der Waals surface area contributed by atoms with Crippen molar-refractivity contribution in [1.29, 1.82) is 0 Å². The molecule has 2 N–H and O–H groups in total. The van der Waals surface area contributed by atoms with Crippen LogP contribution in [0.2, 0.25) is 0 Å². The number of thiophene rings is 1. The maximum atomic E-state index is 6.23. The SMILES string of the molecule is CCC1(C)CC(CN)(N(C)C(C)Cc2cccs2)CCO1. The van der Waals surface area contributed by atoms with Crippen molar-refractivity contribution < 1.29 is 4.74 Å². The van der Waals surface area contributed by atoms with Crippen LogP contribution in [0.3, 0.4) is 0 Å². The Balaban J connectivity index is 2.11. The first-order valence-electron chi connectivity index (χ1n) is 8.04. The molecule has 1 aliphatic rings. The summed E-state index contributed by atoms with van der Waals surface area (Å²) < 4.78 is 6.03. The maximum Gasteiger partial charge on any atom is 0.0670 e. The molecule has 2 heterocycles. The summed E-state index contributed by atoms with van der Waals surface area (Å²) in [5.41, 5.74) is 6.27. The molecule has 2 rings (SSSR count). The van der Waals surface area contributed by atoms with E-state index in [9.17, 15) is 0 Å². The number of rotatable bonds is 6. The molecule has 1 aliphatic heterocycles. The number of nitrogens with zero attached hydrogens (tertiary/aromatic N) is 1. The molecule has 0 aliphatic carbocycles. The molecule has 0 aromatic carbocycles. The second-order valence-corrected chi connectivity index (χ2v) is 7.78. The minimum Gasteiger partial charge on any atom is -0.375 e. The Labute approximate surface area is 133 Å². The molecule has 4 heteroatoms. The van der Waals surface area contributed by atoms with Crippen molar-refractivity contribution in [1.82, 2.24) is 4.90 Å². The summed E-state index contributed by atoms with van der Waals surface area (Å²) in [7, 11) is 2.24. The van der Waals surface area contributed by atoms with Gasteiger partial charge in [-0.2, -0.15) is 0 Å². The Bertz CT molecular complexity index is 436. The molecule has 1 saturated heterocycles. The van der Waals surface area contributed by atoms with E-state index in [1.54, 1.807) is 0 Å². The molecule has 0 saturated carbocycles. The van der Waals surface area contributed by atoms with E-state index >= 15 is 0 Å². The third-order valence-electron chi connectivity index (χ3n) is 5.33. The van der Waals surface area contributed by atoms with E-state index in [0.29, 0.717) is 12.6 Å². The van der Waals surface area contributed by atoms with E-state index in [-0.39, 0.29) is 11.1 Å². The first-order valence-corrected chi connectivity index (χ1v) is 8.92. The highest BCUT2D eigenvalue weighted by Gasteiger charge is 2.45. The molecular weight excluding hydrogens is 280 g/mol. The molecular formula is C17H30N2OS. The van der Waals surface area contributed by atoms with Gasteiger partial charge in [-0.05, 0) is 58.0 Å². The van der Waals surface area contributed by atoms with E-state index in [1.165, 1.54) is 4.88 Å². The molecule has 0 radical (unpaired) electrons. The average molecular weight is 311 g/mol. The highest BCUT2D eigenvalue weighted by molar-refractivity contribution is 7.09. The van der Waals surface area contributed by atoms with Crippen molar-refractivity contribution in [3.8, 4) is 0 Å². The smallest absolute Gasteiger partial charge is 0.0670 e.